The number of carbonyl (C=O) groups is 1. The van der Waals surface area contributed by atoms with E-state index in [1.165, 1.54) is 12.1 Å². The van der Waals surface area contributed by atoms with Gasteiger partial charge in [-0.1, -0.05) is 24.3 Å². The topological polar surface area (TPSA) is 61.8 Å². The molecule has 7 nitrogen and oxygen atoms in total. The van der Waals surface area contributed by atoms with Crippen LogP contribution in [0.2, 0.25) is 0 Å². The molecular formula is C32H38F3N5O2. The maximum atomic E-state index is 13.5. The SMILES string of the molecule is CCO[C@@H]1Cc2cc(C(F)(F)F)ccc2C1N1CCN(C2(C)CCN(C(=O)c3cnnc4ccccc34)CC2)C[C@@H]1C. The van der Waals surface area contributed by atoms with Crippen molar-refractivity contribution in [1.29, 1.82) is 0 Å². The van der Waals surface area contributed by atoms with Crippen molar-refractivity contribution in [2.24, 2.45) is 0 Å². The highest BCUT2D eigenvalue weighted by molar-refractivity contribution is 6.05. The molecular weight excluding hydrogens is 543 g/mol. The number of aromatic nitrogens is 2. The van der Waals surface area contributed by atoms with Crippen molar-refractivity contribution in [3.05, 3.63) is 70.9 Å². The summed E-state index contributed by atoms with van der Waals surface area (Å²) in [7, 11) is 0. The zero-order chi connectivity index (χ0) is 29.6. The minimum Gasteiger partial charge on any atom is -0.376 e. The van der Waals surface area contributed by atoms with Crippen molar-refractivity contribution in [2.45, 2.75) is 69.9 Å². The Labute approximate surface area is 244 Å². The van der Waals surface area contributed by atoms with Crippen LogP contribution >= 0.6 is 0 Å². The number of carbonyl (C=O) groups excluding carboxylic acids is 1. The summed E-state index contributed by atoms with van der Waals surface area (Å²) in [6.07, 6.45) is -0.710. The van der Waals surface area contributed by atoms with E-state index in [1.807, 2.05) is 36.1 Å². The monoisotopic (exact) mass is 581 g/mol. The second-order valence-corrected chi connectivity index (χ2v) is 12.2. The van der Waals surface area contributed by atoms with E-state index in [2.05, 4.69) is 33.8 Å². The summed E-state index contributed by atoms with van der Waals surface area (Å²) in [5.41, 5.74) is 2.37. The number of fused-ring (bicyclic) bond motifs is 2. The van der Waals surface area contributed by atoms with Gasteiger partial charge in [0.25, 0.3) is 5.91 Å². The van der Waals surface area contributed by atoms with Gasteiger partial charge in [0.2, 0.25) is 0 Å². The maximum Gasteiger partial charge on any atom is 0.416 e. The third-order valence-electron chi connectivity index (χ3n) is 9.65. The molecule has 0 spiro atoms. The molecule has 10 heteroatoms. The first kappa shape index (κ1) is 29.0. The van der Waals surface area contributed by atoms with Crippen molar-refractivity contribution in [1.82, 2.24) is 24.9 Å². The zero-order valence-corrected chi connectivity index (χ0v) is 24.4. The Balaban J connectivity index is 1.13. The number of ether oxygens (including phenoxy) is 1. The van der Waals surface area contributed by atoms with Gasteiger partial charge in [0.15, 0.2) is 0 Å². The smallest absolute Gasteiger partial charge is 0.376 e. The van der Waals surface area contributed by atoms with Crippen LogP contribution in [0.1, 0.15) is 66.7 Å². The highest BCUT2D eigenvalue weighted by atomic mass is 19.4. The van der Waals surface area contributed by atoms with Crippen LogP contribution in [-0.2, 0) is 17.3 Å². The van der Waals surface area contributed by atoms with Gasteiger partial charge in [0.1, 0.15) is 0 Å². The molecule has 224 valence electrons. The third-order valence-corrected chi connectivity index (χ3v) is 9.65. The van der Waals surface area contributed by atoms with Crippen molar-refractivity contribution < 1.29 is 22.7 Å². The standard InChI is InChI=1S/C32H38F3N5O2/c1-4-42-28-18-22-17-23(32(33,34)35)9-10-24(22)29(28)40-16-15-39(20-21(40)2)31(3)11-13-38(14-12-31)30(41)26-19-36-37-27-8-6-5-7-25(26)27/h5-10,17,19,21,28-29H,4,11-16,18,20H2,1-3H3/t21-,28+,29?/m0/s1. The molecule has 3 aliphatic rings. The van der Waals surface area contributed by atoms with Crippen LogP contribution in [0.25, 0.3) is 10.9 Å². The molecule has 0 saturated carbocycles. The number of likely N-dealkylation sites (tertiary alicyclic amines) is 1. The second-order valence-electron chi connectivity index (χ2n) is 12.2. The molecule has 3 aromatic rings. The predicted molar refractivity (Wildman–Crippen MR) is 154 cm³/mol. The Bertz CT molecular complexity index is 1450. The van der Waals surface area contributed by atoms with Crippen molar-refractivity contribution >= 4 is 16.8 Å². The fourth-order valence-electron chi connectivity index (χ4n) is 7.26. The Morgan fingerprint density at radius 2 is 1.86 bits per heavy atom. The van der Waals surface area contributed by atoms with E-state index in [9.17, 15) is 18.0 Å². The van der Waals surface area contributed by atoms with Crippen molar-refractivity contribution in [2.75, 3.05) is 39.3 Å². The van der Waals surface area contributed by atoms with Crippen molar-refractivity contribution in [3.8, 4) is 0 Å². The van der Waals surface area contributed by atoms with Gasteiger partial charge >= 0.3 is 6.18 Å². The number of halogens is 3. The Hall–Kier alpha value is -3.08. The zero-order valence-electron chi connectivity index (χ0n) is 24.4. The van der Waals surface area contributed by atoms with E-state index in [1.54, 1.807) is 12.3 Å². The number of hydrogen-bond donors (Lipinski definition) is 0. The molecule has 3 heterocycles. The molecule has 0 bridgehead atoms. The van der Waals surface area contributed by atoms with E-state index >= 15 is 0 Å². The average molecular weight is 582 g/mol. The van der Waals surface area contributed by atoms with Crippen LogP contribution in [0, 0.1) is 0 Å². The third kappa shape index (κ3) is 5.29. The van der Waals surface area contributed by atoms with Crippen molar-refractivity contribution in [3.63, 3.8) is 0 Å². The van der Waals surface area contributed by atoms with Crippen LogP contribution < -0.4 is 0 Å². The Morgan fingerprint density at radius 3 is 2.57 bits per heavy atom. The van der Waals surface area contributed by atoms with Crippen LogP contribution in [0.15, 0.2) is 48.7 Å². The summed E-state index contributed by atoms with van der Waals surface area (Å²) in [4.78, 5) is 20.4. The highest BCUT2D eigenvalue weighted by Gasteiger charge is 2.45. The van der Waals surface area contributed by atoms with E-state index in [0.29, 0.717) is 37.2 Å². The Morgan fingerprint density at radius 1 is 1.10 bits per heavy atom. The number of amides is 1. The minimum absolute atomic E-state index is 0.00289. The normalized spacial score (nSPS) is 25.1. The number of rotatable bonds is 5. The molecule has 1 aromatic heterocycles. The largest absolute Gasteiger partial charge is 0.416 e. The van der Waals surface area contributed by atoms with Gasteiger partial charge in [-0.3, -0.25) is 14.6 Å². The summed E-state index contributed by atoms with van der Waals surface area (Å²) in [6, 6.07) is 11.9. The first-order chi connectivity index (χ1) is 20.1. The highest BCUT2D eigenvalue weighted by Crippen LogP contribution is 2.43. The van der Waals surface area contributed by atoms with Crippen LogP contribution in [0.4, 0.5) is 13.2 Å². The van der Waals surface area contributed by atoms with Gasteiger partial charge < -0.3 is 9.64 Å². The number of benzene rings is 2. The van der Waals surface area contributed by atoms with E-state index in [4.69, 9.17) is 4.74 Å². The lowest BCUT2D eigenvalue weighted by molar-refractivity contribution is -0.137. The minimum atomic E-state index is -4.36. The fraction of sp³-hybridized carbons (Fsp3) is 0.531. The number of hydrogen-bond acceptors (Lipinski definition) is 6. The molecule has 6 rings (SSSR count). The first-order valence-corrected chi connectivity index (χ1v) is 14.9. The van der Waals surface area contributed by atoms with Gasteiger partial charge in [0, 0.05) is 62.7 Å². The number of piperazine rings is 1. The second kappa shape index (κ2) is 11.2. The van der Waals surface area contributed by atoms with Gasteiger partial charge in [-0.15, -0.1) is 0 Å². The molecule has 1 unspecified atom stereocenters. The molecule has 1 amide bonds. The quantitative estimate of drug-likeness (QED) is 0.405. The lowest BCUT2D eigenvalue weighted by Crippen LogP contribution is -2.62. The summed E-state index contributed by atoms with van der Waals surface area (Å²) >= 11 is 0. The van der Waals surface area contributed by atoms with Gasteiger partial charge in [-0.2, -0.15) is 23.4 Å². The van der Waals surface area contributed by atoms with Crippen LogP contribution in [0.3, 0.4) is 0 Å². The number of nitrogens with zero attached hydrogens (tertiary/aromatic N) is 5. The van der Waals surface area contributed by atoms with Crippen LogP contribution in [-0.4, -0.2) is 87.8 Å². The first-order valence-electron chi connectivity index (χ1n) is 14.9. The number of piperidine rings is 1. The molecule has 2 fully saturated rings. The maximum absolute atomic E-state index is 13.5. The lowest BCUT2D eigenvalue weighted by atomic mass is 9.86. The molecule has 2 aliphatic heterocycles. The predicted octanol–water partition coefficient (Wildman–Crippen LogP) is 5.35. The average Bonchev–Trinajstić information content (AvgIpc) is 3.33. The Kier molecular flexibility index (Phi) is 7.74. The summed E-state index contributed by atoms with van der Waals surface area (Å²) in [6.45, 7) is 10.8. The molecule has 42 heavy (non-hydrogen) atoms. The van der Waals surface area contributed by atoms with E-state index in [0.717, 1.165) is 49.0 Å². The number of alkyl halides is 3. The van der Waals surface area contributed by atoms with E-state index < -0.39 is 11.7 Å². The molecule has 0 radical (unpaired) electrons. The summed E-state index contributed by atoms with van der Waals surface area (Å²) in [5, 5.41) is 9.03. The molecule has 1 aliphatic carbocycles. The molecule has 2 aromatic carbocycles. The van der Waals surface area contributed by atoms with Crippen LogP contribution in [0.5, 0.6) is 0 Å². The molecule has 2 saturated heterocycles. The molecule has 0 N–H and O–H groups in total. The van der Waals surface area contributed by atoms with Gasteiger partial charge in [-0.05, 0) is 62.9 Å². The summed E-state index contributed by atoms with van der Waals surface area (Å²) in [5.74, 6) is -0.00289. The fourth-order valence-corrected chi connectivity index (χ4v) is 7.26. The lowest BCUT2D eigenvalue weighted by Gasteiger charge is -2.53. The van der Waals surface area contributed by atoms with Gasteiger partial charge in [0.05, 0.1) is 35.0 Å². The van der Waals surface area contributed by atoms with E-state index in [-0.39, 0.29) is 29.6 Å². The van der Waals surface area contributed by atoms with Gasteiger partial charge in [-0.25, -0.2) is 0 Å². The summed E-state index contributed by atoms with van der Waals surface area (Å²) < 4.78 is 46.3. The molecule has 3 atom stereocenters.